The first-order chi connectivity index (χ1) is 12.5. The fourth-order valence-electron chi connectivity index (χ4n) is 3.13. The van der Waals surface area contributed by atoms with Gasteiger partial charge in [-0.2, -0.15) is 4.31 Å². The molecule has 0 aliphatic carbocycles. The van der Waals surface area contributed by atoms with Crippen molar-refractivity contribution in [2.45, 2.75) is 17.9 Å². The van der Waals surface area contributed by atoms with Crippen LogP contribution in [0.1, 0.15) is 6.92 Å². The van der Waals surface area contributed by atoms with Gasteiger partial charge in [0.1, 0.15) is 0 Å². The number of sulfonamides is 1. The van der Waals surface area contributed by atoms with E-state index in [0.717, 1.165) is 26.2 Å². The number of nitrogens with one attached hydrogen (secondary N) is 2. The standard InChI is InChI=1S/C17H26N4O4S/c1-14(20-8-6-18-7-9-20)17(22)19-15-2-4-16(5-3-15)26(23,24)21-10-12-25-13-11-21/h2-5,14,18H,6-13H2,1H3,(H,19,22). The molecule has 1 aromatic carbocycles. The summed E-state index contributed by atoms with van der Waals surface area (Å²) in [5.74, 6) is -0.0873. The minimum Gasteiger partial charge on any atom is -0.379 e. The summed E-state index contributed by atoms with van der Waals surface area (Å²) in [6, 6.07) is 6.12. The van der Waals surface area contributed by atoms with Crippen molar-refractivity contribution in [3.63, 3.8) is 0 Å². The summed E-state index contributed by atoms with van der Waals surface area (Å²) in [6.07, 6.45) is 0. The van der Waals surface area contributed by atoms with Crippen LogP contribution < -0.4 is 10.6 Å². The fraction of sp³-hybridized carbons (Fsp3) is 0.588. The third-order valence-corrected chi connectivity index (χ3v) is 6.72. The van der Waals surface area contributed by atoms with Crippen molar-refractivity contribution in [2.24, 2.45) is 0 Å². The summed E-state index contributed by atoms with van der Waals surface area (Å²) in [5.41, 5.74) is 0.595. The molecule has 2 saturated heterocycles. The lowest BCUT2D eigenvalue weighted by molar-refractivity contribution is -0.120. The normalized spacial score (nSPS) is 21.3. The number of morpholine rings is 1. The van der Waals surface area contributed by atoms with Gasteiger partial charge in [0.25, 0.3) is 0 Å². The Morgan fingerprint density at radius 2 is 1.73 bits per heavy atom. The molecule has 1 unspecified atom stereocenters. The quantitative estimate of drug-likeness (QED) is 0.742. The molecule has 2 aliphatic rings. The van der Waals surface area contributed by atoms with E-state index in [1.165, 1.54) is 16.4 Å². The van der Waals surface area contributed by atoms with Crippen LogP contribution >= 0.6 is 0 Å². The monoisotopic (exact) mass is 382 g/mol. The molecule has 144 valence electrons. The third-order valence-electron chi connectivity index (χ3n) is 4.81. The van der Waals surface area contributed by atoms with Gasteiger partial charge in [-0.1, -0.05) is 0 Å². The number of carbonyl (C=O) groups excluding carboxylic acids is 1. The summed E-state index contributed by atoms with van der Waals surface area (Å²) in [4.78, 5) is 14.8. The van der Waals surface area contributed by atoms with Crippen molar-refractivity contribution in [3.8, 4) is 0 Å². The largest absolute Gasteiger partial charge is 0.379 e. The Hall–Kier alpha value is -1.52. The van der Waals surface area contributed by atoms with Crippen LogP contribution in [0.3, 0.4) is 0 Å². The van der Waals surface area contributed by atoms with E-state index < -0.39 is 10.0 Å². The molecule has 0 radical (unpaired) electrons. The maximum absolute atomic E-state index is 12.6. The summed E-state index contributed by atoms with van der Waals surface area (Å²) in [5, 5.41) is 6.13. The van der Waals surface area contributed by atoms with Gasteiger partial charge in [-0.05, 0) is 31.2 Å². The zero-order valence-corrected chi connectivity index (χ0v) is 15.8. The number of carbonyl (C=O) groups is 1. The molecule has 9 heteroatoms. The Kier molecular flexibility index (Phi) is 6.25. The van der Waals surface area contributed by atoms with Crippen LogP contribution in [-0.4, -0.2) is 82.1 Å². The van der Waals surface area contributed by atoms with Crippen LogP contribution in [0.5, 0.6) is 0 Å². The van der Waals surface area contributed by atoms with Crippen molar-refractivity contribution in [1.29, 1.82) is 0 Å². The van der Waals surface area contributed by atoms with Crippen molar-refractivity contribution in [1.82, 2.24) is 14.5 Å². The van der Waals surface area contributed by atoms with Gasteiger partial charge in [0.15, 0.2) is 0 Å². The molecule has 1 atom stereocenters. The minimum atomic E-state index is -3.52. The van der Waals surface area contributed by atoms with Gasteiger partial charge in [-0.15, -0.1) is 0 Å². The molecule has 3 rings (SSSR count). The molecule has 2 heterocycles. The number of nitrogens with zero attached hydrogens (tertiary/aromatic N) is 2. The number of anilines is 1. The molecule has 1 aromatic rings. The zero-order valence-electron chi connectivity index (χ0n) is 15.0. The first kappa shape index (κ1) is 19.2. The van der Waals surface area contributed by atoms with Crippen LogP contribution in [0.25, 0.3) is 0 Å². The van der Waals surface area contributed by atoms with Crippen LogP contribution in [-0.2, 0) is 19.6 Å². The molecular formula is C17H26N4O4S. The second-order valence-corrected chi connectivity index (χ2v) is 8.43. The van der Waals surface area contributed by atoms with E-state index in [-0.39, 0.29) is 16.8 Å². The highest BCUT2D eigenvalue weighted by molar-refractivity contribution is 7.89. The highest BCUT2D eigenvalue weighted by atomic mass is 32.2. The van der Waals surface area contributed by atoms with E-state index >= 15 is 0 Å². The van der Waals surface area contributed by atoms with E-state index in [1.54, 1.807) is 12.1 Å². The molecule has 2 aliphatic heterocycles. The van der Waals surface area contributed by atoms with E-state index in [0.29, 0.717) is 32.0 Å². The van der Waals surface area contributed by atoms with E-state index in [4.69, 9.17) is 4.74 Å². The first-order valence-electron chi connectivity index (χ1n) is 8.92. The molecule has 26 heavy (non-hydrogen) atoms. The number of piperazine rings is 1. The van der Waals surface area contributed by atoms with Crippen molar-refractivity contribution in [2.75, 3.05) is 57.8 Å². The summed E-state index contributed by atoms with van der Waals surface area (Å²) in [7, 11) is -3.52. The second kappa shape index (κ2) is 8.45. The highest BCUT2D eigenvalue weighted by Crippen LogP contribution is 2.19. The van der Waals surface area contributed by atoms with Crippen molar-refractivity contribution in [3.05, 3.63) is 24.3 Å². The van der Waals surface area contributed by atoms with E-state index in [2.05, 4.69) is 15.5 Å². The summed E-state index contributed by atoms with van der Waals surface area (Å²) in [6.45, 7) is 6.88. The predicted molar refractivity (Wildman–Crippen MR) is 98.6 cm³/mol. The summed E-state index contributed by atoms with van der Waals surface area (Å²) < 4.78 is 31.8. The number of ether oxygens (including phenoxy) is 1. The lowest BCUT2D eigenvalue weighted by Gasteiger charge is -2.31. The van der Waals surface area contributed by atoms with Crippen molar-refractivity contribution < 1.29 is 17.9 Å². The Morgan fingerprint density at radius 1 is 1.12 bits per heavy atom. The van der Waals surface area contributed by atoms with Crippen molar-refractivity contribution >= 4 is 21.6 Å². The maximum Gasteiger partial charge on any atom is 0.243 e. The molecule has 0 saturated carbocycles. The van der Waals surface area contributed by atoms with Crippen LogP contribution in [0.15, 0.2) is 29.2 Å². The highest BCUT2D eigenvalue weighted by Gasteiger charge is 2.26. The minimum absolute atomic E-state index is 0.0873. The number of rotatable bonds is 5. The van der Waals surface area contributed by atoms with Gasteiger partial charge < -0.3 is 15.4 Å². The van der Waals surface area contributed by atoms with Crippen LogP contribution in [0.4, 0.5) is 5.69 Å². The fourth-order valence-corrected chi connectivity index (χ4v) is 4.54. The van der Waals surface area contributed by atoms with Gasteiger partial charge in [0.05, 0.1) is 24.2 Å². The Labute approximate surface area is 154 Å². The first-order valence-corrected chi connectivity index (χ1v) is 10.4. The number of hydrogen-bond acceptors (Lipinski definition) is 6. The molecule has 8 nitrogen and oxygen atoms in total. The molecule has 0 bridgehead atoms. The molecular weight excluding hydrogens is 356 g/mol. The second-order valence-electron chi connectivity index (χ2n) is 6.49. The summed E-state index contributed by atoms with van der Waals surface area (Å²) >= 11 is 0. The predicted octanol–water partition coefficient (Wildman–Crippen LogP) is -0.0603. The van der Waals surface area contributed by atoms with Gasteiger partial charge >= 0.3 is 0 Å². The van der Waals surface area contributed by atoms with Gasteiger partial charge in [-0.25, -0.2) is 8.42 Å². The topological polar surface area (TPSA) is 91.0 Å². The van der Waals surface area contributed by atoms with Crippen LogP contribution in [0.2, 0.25) is 0 Å². The lowest BCUT2D eigenvalue weighted by Crippen LogP contribution is -2.51. The molecule has 2 N–H and O–H groups in total. The molecule has 1 amide bonds. The van der Waals surface area contributed by atoms with E-state index in [1.807, 2.05) is 6.92 Å². The lowest BCUT2D eigenvalue weighted by atomic mass is 10.2. The van der Waals surface area contributed by atoms with Gasteiger partial charge in [0, 0.05) is 45.0 Å². The Balaban J connectivity index is 1.62. The molecule has 0 spiro atoms. The van der Waals surface area contributed by atoms with Gasteiger partial charge in [-0.3, -0.25) is 9.69 Å². The molecule has 2 fully saturated rings. The Morgan fingerprint density at radius 3 is 2.35 bits per heavy atom. The third kappa shape index (κ3) is 4.41. The van der Waals surface area contributed by atoms with Gasteiger partial charge in [0.2, 0.25) is 15.9 Å². The number of benzene rings is 1. The average molecular weight is 382 g/mol. The Bertz CT molecular complexity index is 711. The average Bonchev–Trinajstić information content (AvgIpc) is 2.69. The molecule has 0 aromatic heterocycles. The van der Waals surface area contributed by atoms with Crippen LogP contribution in [0, 0.1) is 0 Å². The zero-order chi connectivity index (χ0) is 18.6. The number of hydrogen-bond donors (Lipinski definition) is 2. The number of amides is 1. The SMILES string of the molecule is CC(C(=O)Nc1ccc(S(=O)(=O)N2CCOCC2)cc1)N1CCNCC1. The smallest absolute Gasteiger partial charge is 0.243 e. The maximum atomic E-state index is 12.6. The van der Waals surface area contributed by atoms with E-state index in [9.17, 15) is 13.2 Å².